The lowest BCUT2D eigenvalue weighted by molar-refractivity contribution is -0.119. The number of carbonyl (C=O) groups is 1. The van der Waals surface area contributed by atoms with E-state index in [0.717, 1.165) is 44.2 Å². The highest BCUT2D eigenvalue weighted by Gasteiger charge is 2.17. The normalized spacial score (nSPS) is 16.5. The van der Waals surface area contributed by atoms with Crippen LogP contribution in [0.3, 0.4) is 0 Å². The molecular weight excluding hydrogens is 365 g/mol. The summed E-state index contributed by atoms with van der Waals surface area (Å²) in [7, 11) is 0. The molecular formula is C25H30FNO2. The molecule has 0 aliphatic carbocycles. The molecule has 1 atom stereocenters. The van der Waals surface area contributed by atoms with E-state index in [-0.39, 0.29) is 13.3 Å². The number of Topliss-reactive ketones (excluding diaryl/α,β-unsaturated/α-hetero) is 1. The fourth-order valence-corrected chi connectivity index (χ4v) is 4.26. The van der Waals surface area contributed by atoms with Crippen molar-refractivity contribution in [2.24, 2.45) is 0 Å². The Morgan fingerprint density at radius 1 is 1.10 bits per heavy atom. The lowest BCUT2D eigenvalue weighted by Crippen LogP contribution is -2.08. The minimum atomic E-state index is -0.177. The van der Waals surface area contributed by atoms with Crippen molar-refractivity contribution in [3.05, 3.63) is 71.7 Å². The van der Waals surface area contributed by atoms with Crippen LogP contribution in [0, 0.1) is 5.82 Å². The third-order valence-electron chi connectivity index (χ3n) is 5.84. The van der Waals surface area contributed by atoms with E-state index in [2.05, 4.69) is 22.9 Å². The highest BCUT2D eigenvalue weighted by Crippen LogP contribution is 2.25. The maximum Gasteiger partial charge on any atom is 0.133 e. The molecule has 0 bridgehead atoms. The van der Waals surface area contributed by atoms with Crippen molar-refractivity contribution in [1.29, 1.82) is 0 Å². The fourth-order valence-electron chi connectivity index (χ4n) is 4.26. The third kappa shape index (κ3) is 4.94. The van der Waals surface area contributed by atoms with Crippen LogP contribution in [0.25, 0.3) is 10.9 Å². The first-order valence-corrected chi connectivity index (χ1v) is 10.6. The first-order chi connectivity index (χ1) is 14.2. The summed E-state index contributed by atoms with van der Waals surface area (Å²) in [5, 5.41) is 1.19. The van der Waals surface area contributed by atoms with Gasteiger partial charge in [0.2, 0.25) is 0 Å². The number of nitrogens with zero attached hydrogens (tertiary/aromatic N) is 1. The van der Waals surface area contributed by atoms with Crippen LogP contribution >= 0.6 is 0 Å². The molecule has 0 N–H and O–H groups in total. The number of benzene rings is 2. The van der Waals surface area contributed by atoms with E-state index < -0.39 is 0 Å². The van der Waals surface area contributed by atoms with Gasteiger partial charge in [-0.2, -0.15) is 0 Å². The monoisotopic (exact) mass is 395 g/mol. The topological polar surface area (TPSA) is 31.2 Å². The maximum absolute atomic E-state index is 14.1. The molecule has 2 aromatic carbocycles. The molecule has 1 saturated heterocycles. The molecule has 3 nitrogen and oxygen atoms in total. The molecule has 1 aliphatic rings. The minimum Gasteiger partial charge on any atom is -0.378 e. The maximum atomic E-state index is 14.1. The van der Waals surface area contributed by atoms with Gasteiger partial charge in [0.25, 0.3) is 0 Å². The van der Waals surface area contributed by atoms with Gasteiger partial charge in [0.15, 0.2) is 0 Å². The van der Waals surface area contributed by atoms with E-state index in [1.165, 1.54) is 17.0 Å². The fraction of sp³-hybridized carbons (Fsp3) is 0.400. The van der Waals surface area contributed by atoms with Gasteiger partial charge < -0.3 is 9.30 Å². The standard InChI is InChI=1S/C25H28FNO2.H2/c26-24-12-3-1-7-20(24)18-27-17-19(23-11-2-4-13-25(23)27)8-5-9-21(28)14-15-22-10-6-16-29-22;/h1-4,7,11-13,17,22H,5-6,8-10,14-16,18H2;1H. The number of aromatic nitrogens is 1. The second-order valence-corrected chi connectivity index (χ2v) is 7.96. The summed E-state index contributed by atoms with van der Waals surface area (Å²) in [6.45, 7) is 1.35. The predicted octanol–water partition coefficient (Wildman–Crippen LogP) is 5.93. The molecule has 0 spiro atoms. The second kappa shape index (κ2) is 9.36. The summed E-state index contributed by atoms with van der Waals surface area (Å²) < 4.78 is 21.8. The lowest BCUT2D eigenvalue weighted by Gasteiger charge is -2.08. The van der Waals surface area contributed by atoms with Crippen molar-refractivity contribution in [3.8, 4) is 0 Å². The number of hydrogen-bond acceptors (Lipinski definition) is 2. The van der Waals surface area contributed by atoms with Gasteiger partial charge >= 0.3 is 0 Å². The Labute approximate surface area is 173 Å². The molecule has 29 heavy (non-hydrogen) atoms. The summed E-state index contributed by atoms with van der Waals surface area (Å²) in [6, 6.07) is 15.2. The minimum absolute atomic E-state index is 0. The van der Waals surface area contributed by atoms with Crippen molar-refractivity contribution < 1.29 is 15.3 Å². The van der Waals surface area contributed by atoms with E-state index >= 15 is 0 Å². The van der Waals surface area contributed by atoms with Crippen LogP contribution in [0.15, 0.2) is 54.7 Å². The van der Waals surface area contributed by atoms with Gasteiger partial charge in [-0.3, -0.25) is 4.79 Å². The highest BCUT2D eigenvalue weighted by atomic mass is 19.1. The van der Waals surface area contributed by atoms with Gasteiger partial charge in [-0.05, 0) is 49.8 Å². The van der Waals surface area contributed by atoms with Crippen LogP contribution < -0.4 is 0 Å². The zero-order valence-electron chi connectivity index (χ0n) is 16.8. The molecule has 0 amide bonds. The van der Waals surface area contributed by atoms with Crippen molar-refractivity contribution in [3.63, 3.8) is 0 Å². The van der Waals surface area contributed by atoms with Gasteiger partial charge in [0.1, 0.15) is 11.6 Å². The zero-order chi connectivity index (χ0) is 20.1. The quantitative estimate of drug-likeness (QED) is 0.450. The Bertz CT molecular complexity index is 978. The number of hydrogen-bond donors (Lipinski definition) is 0. The SMILES string of the molecule is O=C(CCCc1cn(Cc2ccccc2F)c2ccccc12)CCC1CCCO1.[HH]. The number of aryl methyl sites for hydroxylation is 1. The van der Waals surface area contributed by atoms with Crippen LogP contribution in [0.5, 0.6) is 0 Å². The Balaban J connectivity index is 0.00000256. The molecule has 1 unspecified atom stereocenters. The van der Waals surface area contributed by atoms with Crippen molar-refractivity contribution in [2.75, 3.05) is 6.61 Å². The third-order valence-corrected chi connectivity index (χ3v) is 5.84. The molecule has 4 heteroatoms. The average Bonchev–Trinajstić information content (AvgIpc) is 3.37. The number of carbonyl (C=O) groups excluding carboxylic acids is 1. The zero-order valence-corrected chi connectivity index (χ0v) is 16.8. The van der Waals surface area contributed by atoms with Crippen LogP contribution in [0.1, 0.15) is 51.1 Å². The molecule has 0 saturated carbocycles. The van der Waals surface area contributed by atoms with Gasteiger partial charge in [0, 0.05) is 43.5 Å². The van der Waals surface area contributed by atoms with Crippen molar-refractivity contribution in [2.45, 2.75) is 57.6 Å². The number of halogens is 1. The summed E-state index contributed by atoms with van der Waals surface area (Å²) >= 11 is 0. The van der Waals surface area contributed by atoms with Gasteiger partial charge in [-0.15, -0.1) is 0 Å². The first-order valence-electron chi connectivity index (χ1n) is 10.6. The van der Waals surface area contributed by atoms with Gasteiger partial charge in [-0.25, -0.2) is 4.39 Å². The summed E-state index contributed by atoms with van der Waals surface area (Å²) in [5.41, 5.74) is 3.02. The number of fused-ring (bicyclic) bond motifs is 1. The van der Waals surface area contributed by atoms with E-state index in [1.54, 1.807) is 6.07 Å². The average molecular weight is 396 g/mol. The molecule has 0 radical (unpaired) electrons. The predicted molar refractivity (Wildman–Crippen MR) is 116 cm³/mol. The Hall–Kier alpha value is -2.46. The van der Waals surface area contributed by atoms with Crippen LogP contribution in [-0.2, 0) is 22.5 Å². The summed E-state index contributed by atoms with van der Waals surface area (Å²) in [4.78, 5) is 12.2. The Morgan fingerprint density at radius 2 is 1.93 bits per heavy atom. The molecule has 154 valence electrons. The van der Waals surface area contributed by atoms with E-state index in [0.29, 0.717) is 30.7 Å². The molecule has 1 aliphatic heterocycles. The Morgan fingerprint density at radius 3 is 2.76 bits per heavy atom. The summed E-state index contributed by atoms with van der Waals surface area (Å²) in [6.07, 6.45) is 8.42. The van der Waals surface area contributed by atoms with Crippen LogP contribution in [0.4, 0.5) is 4.39 Å². The Kier molecular flexibility index (Phi) is 6.40. The lowest BCUT2D eigenvalue weighted by atomic mass is 10.0. The first kappa shape index (κ1) is 19.8. The largest absolute Gasteiger partial charge is 0.378 e. The van der Waals surface area contributed by atoms with E-state index in [9.17, 15) is 9.18 Å². The highest BCUT2D eigenvalue weighted by molar-refractivity contribution is 5.84. The number of para-hydroxylation sites is 1. The molecule has 3 aromatic rings. The number of ether oxygens (including phenoxy) is 1. The van der Waals surface area contributed by atoms with Gasteiger partial charge in [0.05, 0.1) is 12.6 Å². The van der Waals surface area contributed by atoms with E-state index in [1.807, 2.05) is 24.3 Å². The second-order valence-electron chi connectivity index (χ2n) is 7.96. The number of ketones is 1. The van der Waals surface area contributed by atoms with E-state index in [4.69, 9.17) is 4.74 Å². The van der Waals surface area contributed by atoms with Gasteiger partial charge in [-0.1, -0.05) is 36.4 Å². The molecule has 4 rings (SSSR count). The molecule has 1 fully saturated rings. The van der Waals surface area contributed by atoms with Crippen LogP contribution in [0.2, 0.25) is 0 Å². The molecule has 1 aromatic heterocycles. The number of rotatable bonds is 9. The van der Waals surface area contributed by atoms with Crippen molar-refractivity contribution >= 4 is 16.7 Å². The molecule has 2 heterocycles. The summed E-state index contributed by atoms with van der Waals surface area (Å²) in [5.74, 6) is 0.152. The van der Waals surface area contributed by atoms with Crippen molar-refractivity contribution in [1.82, 2.24) is 4.57 Å². The smallest absolute Gasteiger partial charge is 0.133 e. The van der Waals surface area contributed by atoms with Crippen LogP contribution in [-0.4, -0.2) is 23.1 Å².